The molecule has 1 saturated heterocycles. The molecule has 9 heteroatoms. The summed E-state index contributed by atoms with van der Waals surface area (Å²) in [5, 5.41) is 18.3. The molecule has 0 amide bonds. The van der Waals surface area contributed by atoms with Crippen LogP contribution >= 0.6 is 0 Å². The van der Waals surface area contributed by atoms with Crippen molar-refractivity contribution < 1.29 is 23.7 Å². The van der Waals surface area contributed by atoms with Crippen molar-refractivity contribution in [3.8, 4) is 5.75 Å². The standard InChI is InChI=1S/C10H11F2N3O4/c11-1-4-6(3-16)19-9(7(4)12)15-2-5(17)8(13)14-10(15)18/h1-2,6-7,9,16-17H,3H2,(H2,13,14,18)/b4-1-. The van der Waals surface area contributed by atoms with Crippen molar-refractivity contribution >= 4 is 5.82 Å². The number of aliphatic hydroxyl groups excluding tert-OH is 1. The highest BCUT2D eigenvalue weighted by Crippen LogP contribution is 2.35. The molecule has 1 aromatic heterocycles. The van der Waals surface area contributed by atoms with E-state index in [4.69, 9.17) is 15.6 Å². The second kappa shape index (κ2) is 4.94. The number of rotatable bonds is 2. The van der Waals surface area contributed by atoms with Crippen LogP contribution in [-0.2, 0) is 4.74 Å². The predicted molar refractivity (Wildman–Crippen MR) is 59.7 cm³/mol. The maximum absolute atomic E-state index is 13.9. The number of nitrogens with zero attached hydrogens (tertiary/aromatic N) is 2. The summed E-state index contributed by atoms with van der Waals surface area (Å²) in [4.78, 5) is 14.8. The van der Waals surface area contributed by atoms with Crippen LogP contribution < -0.4 is 11.4 Å². The van der Waals surface area contributed by atoms with E-state index in [9.17, 15) is 18.7 Å². The van der Waals surface area contributed by atoms with Gasteiger partial charge in [0.15, 0.2) is 24.0 Å². The van der Waals surface area contributed by atoms with Gasteiger partial charge in [-0.25, -0.2) is 13.6 Å². The van der Waals surface area contributed by atoms with Crippen molar-refractivity contribution in [2.75, 3.05) is 12.3 Å². The van der Waals surface area contributed by atoms with E-state index in [0.717, 1.165) is 6.20 Å². The molecule has 3 atom stereocenters. The molecule has 0 aliphatic carbocycles. The minimum atomic E-state index is -1.98. The van der Waals surface area contributed by atoms with Gasteiger partial charge in [-0.15, -0.1) is 0 Å². The smallest absolute Gasteiger partial charge is 0.351 e. The zero-order chi connectivity index (χ0) is 14.2. The Kier molecular flexibility index (Phi) is 3.49. The molecule has 4 N–H and O–H groups in total. The zero-order valence-electron chi connectivity index (χ0n) is 9.53. The van der Waals surface area contributed by atoms with Crippen LogP contribution in [0.15, 0.2) is 22.9 Å². The van der Waals surface area contributed by atoms with E-state index in [1.54, 1.807) is 0 Å². The summed E-state index contributed by atoms with van der Waals surface area (Å²) in [5.74, 6) is -0.941. The van der Waals surface area contributed by atoms with Gasteiger partial charge in [-0.3, -0.25) is 4.57 Å². The van der Waals surface area contributed by atoms with Gasteiger partial charge in [-0.2, -0.15) is 4.98 Å². The fourth-order valence-electron chi connectivity index (χ4n) is 1.80. The van der Waals surface area contributed by atoms with Gasteiger partial charge in [-0.05, 0) is 0 Å². The highest BCUT2D eigenvalue weighted by atomic mass is 19.1. The van der Waals surface area contributed by atoms with Crippen molar-refractivity contribution in [1.82, 2.24) is 9.55 Å². The minimum Gasteiger partial charge on any atom is -0.503 e. The lowest BCUT2D eigenvalue weighted by Gasteiger charge is -2.15. The number of nitrogens with two attached hydrogens (primary N) is 1. The van der Waals surface area contributed by atoms with Crippen LogP contribution in [0.25, 0.3) is 0 Å². The fraction of sp³-hybridized carbons (Fsp3) is 0.400. The van der Waals surface area contributed by atoms with Gasteiger partial charge in [-0.1, -0.05) is 0 Å². The van der Waals surface area contributed by atoms with Crippen LogP contribution in [0.3, 0.4) is 0 Å². The van der Waals surface area contributed by atoms with Gasteiger partial charge < -0.3 is 20.7 Å². The van der Waals surface area contributed by atoms with E-state index >= 15 is 0 Å². The van der Waals surface area contributed by atoms with E-state index in [1.807, 2.05) is 0 Å². The van der Waals surface area contributed by atoms with Crippen LogP contribution in [-0.4, -0.2) is 38.6 Å². The lowest BCUT2D eigenvalue weighted by atomic mass is 10.1. The van der Waals surface area contributed by atoms with Crippen LogP contribution in [0, 0.1) is 0 Å². The average molecular weight is 275 g/mol. The quantitative estimate of drug-likeness (QED) is 0.678. The first-order valence-electron chi connectivity index (χ1n) is 5.27. The summed E-state index contributed by atoms with van der Waals surface area (Å²) in [7, 11) is 0. The van der Waals surface area contributed by atoms with Gasteiger partial charge in [0.1, 0.15) is 6.10 Å². The molecule has 0 radical (unpaired) electrons. The maximum atomic E-state index is 13.9. The molecule has 1 fully saturated rings. The Morgan fingerprint density at radius 2 is 2.32 bits per heavy atom. The Labute approximate surface area is 105 Å². The number of aromatic hydroxyl groups is 1. The number of hydrogen-bond acceptors (Lipinski definition) is 6. The number of hydrogen-bond donors (Lipinski definition) is 3. The predicted octanol–water partition coefficient (Wildman–Crippen LogP) is -0.388. The number of halogens is 2. The average Bonchev–Trinajstić information content (AvgIpc) is 2.70. The number of ether oxygens (including phenoxy) is 1. The molecule has 1 aliphatic heterocycles. The Bertz CT molecular complexity index is 574. The van der Waals surface area contributed by atoms with Crippen LogP contribution in [0.2, 0.25) is 0 Å². The first-order chi connectivity index (χ1) is 8.99. The number of alkyl halides is 1. The normalized spacial score (nSPS) is 29.0. The summed E-state index contributed by atoms with van der Waals surface area (Å²) in [6.07, 6.45) is -3.87. The second-order valence-corrected chi connectivity index (χ2v) is 3.91. The summed E-state index contributed by atoms with van der Waals surface area (Å²) >= 11 is 0. The number of aliphatic hydroxyl groups is 1. The zero-order valence-corrected chi connectivity index (χ0v) is 9.53. The molecule has 1 aliphatic rings. The van der Waals surface area contributed by atoms with Gasteiger partial charge >= 0.3 is 5.69 Å². The Balaban J connectivity index is 2.44. The SMILES string of the molecule is Nc1nc(=O)n(C2OC(CO)/C(=C/F)C2F)cc1O. The van der Waals surface area contributed by atoms with Crippen LogP contribution in [0.1, 0.15) is 6.23 Å². The van der Waals surface area contributed by atoms with Crippen LogP contribution in [0.4, 0.5) is 14.6 Å². The number of aromatic nitrogens is 2. The fourth-order valence-corrected chi connectivity index (χ4v) is 1.80. The molecule has 19 heavy (non-hydrogen) atoms. The first kappa shape index (κ1) is 13.4. The molecule has 104 valence electrons. The van der Waals surface area contributed by atoms with Crippen LogP contribution in [0.5, 0.6) is 5.75 Å². The van der Waals surface area contributed by atoms with E-state index < -0.39 is 47.9 Å². The molecule has 0 bridgehead atoms. The third-order valence-corrected chi connectivity index (χ3v) is 2.77. The highest BCUT2D eigenvalue weighted by molar-refractivity contribution is 5.41. The Morgan fingerprint density at radius 1 is 1.63 bits per heavy atom. The molecule has 3 unspecified atom stereocenters. The molecule has 0 spiro atoms. The molecule has 1 aromatic rings. The van der Waals surface area contributed by atoms with Crippen molar-refractivity contribution in [2.45, 2.75) is 18.5 Å². The molecule has 0 aromatic carbocycles. The number of anilines is 1. The lowest BCUT2D eigenvalue weighted by molar-refractivity contribution is -0.0377. The molecule has 2 heterocycles. The Hall–Kier alpha value is -2.00. The topological polar surface area (TPSA) is 111 Å². The lowest BCUT2D eigenvalue weighted by Crippen LogP contribution is -2.31. The summed E-state index contributed by atoms with van der Waals surface area (Å²) in [6.45, 7) is -0.643. The number of nitrogen functional groups attached to an aromatic ring is 1. The molecule has 2 rings (SSSR count). The van der Waals surface area contributed by atoms with Crippen molar-refractivity contribution in [3.05, 3.63) is 28.6 Å². The largest absolute Gasteiger partial charge is 0.503 e. The third-order valence-electron chi connectivity index (χ3n) is 2.77. The van der Waals surface area contributed by atoms with E-state index in [-0.39, 0.29) is 6.33 Å². The van der Waals surface area contributed by atoms with Crippen molar-refractivity contribution in [2.24, 2.45) is 0 Å². The van der Waals surface area contributed by atoms with Gasteiger partial charge in [0.2, 0.25) is 0 Å². The summed E-state index contributed by atoms with van der Waals surface area (Å²) in [5.41, 5.74) is 3.83. The summed E-state index contributed by atoms with van der Waals surface area (Å²) < 4.78 is 32.2. The monoisotopic (exact) mass is 275 g/mol. The van der Waals surface area contributed by atoms with Gasteiger partial charge in [0.25, 0.3) is 0 Å². The van der Waals surface area contributed by atoms with E-state index in [2.05, 4.69) is 4.98 Å². The van der Waals surface area contributed by atoms with Gasteiger partial charge in [0, 0.05) is 5.57 Å². The maximum Gasteiger partial charge on any atom is 0.351 e. The molecule has 0 saturated carbocycles. The Morgan fingerprint density at radius 3 is 2.84 bits per heavy atom. The second-order valence-electron chi connectivity index (χ2n) is 3.91. The van der Waals surface area contributed by atoms with Crippen molar-refractivity contribution in [3.63, 3.8) is 0 Å². The summed E-state index contributed by atoms with van der Waals surface area (Å²) in [6, 6.07) is 0. The van der Waals surface area contributed by atoms with Crippen molar-refractivity contribution in [1.29, 1.82) is 0 Å². The molecular formula is C10H11F2N3O4. The molecule has 7 nitrogen and oxygen atoms in total. The first-order valence-corrected chi connectivity index (χ1v) is 5.27. The van der Waals surface area contributed by atoms with Gasteiger partial charge in [0.05, 0.1) is 19.1 Å². The third kappa shape index (κ3) is 2.17. The van der Waals surface area contributed by atoms with E-state index in [1.165, 1.54) is 0 Å². The minimum absolute atomic E-state index is 0.0127. The van der Waals surface area contributed by atoms with E-state index in [0.29, 0.717) is 4.57 Å². The molecular weight excluding hydrogens is 264 g/mol. The highest BCUT2D eigenvalue weighted by Gasteiger charge is 2.42.